The summed E-state index contributed by atoms with van der Waals surface area (Å²) in [4.78, 5) is 31.0. The Morgan fingerprint density at radius 2 is 2.03 bits per heavy atom. The summed E-state index contributed by atoms with van der Waals surface area (Å²) in [5.74, 6) is -0.506. The van der Waals surface area contributed by atoms with Gasteiger partial charge in [0, 0.05) is 44.2 Å². The zero-order chi connectivity index (χ0) is 21.0. The molecule has 0 radical (unpaired) electrons. The fourth-order valence-electron chi connectivity index (χ4n) is 8.30. The van der Waals surface area contributed by atoms with Gasteiger partial charge in [-0.25, -0.2) is 0 Å². The van der Waals surface area contributed by atoms with E-state index in [9.17, 15) is 9.59 Å². The molecule has 1 aromatic rings. The monoisotopic (exact) mass is 408 g/mol. The maximum Gasteiger partial charge on any atom is 0.317 e. The molecule has 8 atom stereocenters. The number of benzene rings is 1. The zero-order valence-electron chi connectivity index (χ0n) is 17.9. The first-order valence-electron chi connectivity index (χ1n) is 10.9. The van der Waals surface area contributed by atoms with Gasteiger partial charge < -0.3 is 14.4 Å². The summed E-state index contributed by atoms with van der Waals surface area (Å²) in [6.45, 7) is 4.40. The molecule has 30 heavy (non-hydrogen) atoms. The predicted octanol–water partition coefficient (Wildman–Crippen LogP) is 2.27. The Bertz CT molecular complexity index is 1000. The lowest BCUT2D eigenvalue weighted by Gasteiger charge is -2.61. The van der Waals surface area contributed by atoms with Gasteiger partial charge in [0.25, 0.3) is 0 Å². The number of esters is 2. The van der Waals surface area contributed by atoms with Crippen molar-refractivity contribution in [2.75, 3.05) is 25.6 Å². The van der Waals surface area contributed by atoms with E-state index in [-0.39, 0.29) is 29.9 Å². The molecule has 5 fully saturated rings. The lowest BCUT2D eigenvalue weighted by molar-refractivity contribution is -0.187. The molecule has 5 aliphatic heterocycles. The van der Waals surface area contributed by atoms with Gasteiger partial charge in [0.1, 0.15) is 11.5 Å². The Balaban J connectivity index is 1.69. The third-order valence-corrected chi connectivity index (χ3v) is 8.97. The Morgan fingerprint density at radius 3 is 2.73 bits per heavy atom. The predicted molar refractivity (Wildman–Crippen MR) is 111 cm³/mol. The summed E-state index contributed by atoms with van der Waals surface area (Å²) in [7, 11) is 3.63. The molecular weight excluding hydrogens is 380 g/mol. The number of ether oxygens (including phenoxy) is 2. The standard InChI is InChI=1S/C24H28N2O4/c1-5-14-12-26-18-10-16(14)24(22(28)29-4)19(26)11-23(21(24)30-13(2)27)15-8-6-7-9-17(15)25(3)20(18)23/h5-9,16,18-21H,10-12H2,1-4H3/b14-5-/t16-,18+,19?,20-,21?,23-,24?/m1/s1. The summed E-state index contributed by atoms with van der Waals surface area (Å²) >= 11 is 0. The van der Waals surface area contributed by atoms with Crippen LogP contribution in [0.4, 0.5) is 5.69 Å². The molecule has 5 bridgehead atoms. The number of likely N-dealkylation sites (N-methyl/N-ethyl adjacent to an activating group) is 1. The van der Waals surface area contributed by atoms with Crippen molar-refractivity contribution in [2.24, 2.45) is 11.3 Å². The molecule has 1 aliphatic carbocycles. The van der Waals surface area contributed by atoms with E-state index in [1.54, 1.807) is 0 Å². The fraction of sp³-hybridized carbons (Fsp3) is 0.583. The van der Waals surface area contributed by atoms with E-state index in [2.05, 4.69) is 54.1 Å². The second kappa shape index (κ2) is 5.67. The highest BCUT2D eigenvalue weighted by Gasteiger charge is 2.84. The molecule has 0 aromatic heterocycles. The molecule has 6 nitrogen and oxygen atoms in total. The highest BCUT2D eigenvalue weighted by molar-refractivity contribution is 5.85. The summed E-state index contributed by atoms with van der Waals surface area (Å²) in [5, 5.41) is 0. The van der Waals surface area contributed by atoms with Crippen LogP contribution >= 0.6 is 0 Å². The number of methoxy groups -OCH3 is 1. The van der Waals surface area contributed by atoms with Gasteiger partial charge in [-0.2, -0.15) is 0 Å². The molecule has 7 rings (SSSR count). The van der Waals surface area contributed by atoms with Crippen molar-refractivity contribution in [3.05, 3.63) is 41.5 Å². The Hall–Kier alpha value is -2.34. The minimum absolute atomic E-state index is 0.0255. The molecule has 4 unspecified atom stereocenters. The number of fused-ring (bicyclic) bond motifs is 2. The zero-order valence-corrected chi connectivity index (χ0v) is 17.9. The maximum atomic E-state index is 13.7. The van der Waals surface area contributed by atoms with Crippen LogP contribution in [-0.4, -0.2) is 61.8 Å². The Kier molecular flexibility index (Phi) is 3.48. The van der Waals surface area contributed by atoms with Crippen LogP contribution in [0.5, 0.6) is 0 Å². The second-order valence-electron chi connectivity index (χ2n) is 9.64. The van der Waals surface area contributed by atoms with Crippen molar-refractivity contribution < 1.29 is 19.1 Å². The molecule has 0 N–H and O–H groups in total. The number of para-hydroxylation sites is 1. The summed E-state index contributed by atoms with van der Waals surface area (Å²) in [6.07, 6.45) is 3.33. The molecule has 0 amide bonds. The number of rotatable bonds is 2. The van der Waals surface area contributed by atoms with Gasteiger partial charge in [0.15, 0.2) is 0 Å². The Morgan fingerprint density at radius 1 is 1.27 bits per heavy atom. The molecule has 158 valence electrons. The number of carbonyl (C=O) groups excluding carboxylic acids is 2. The fourth-order valence-corrected chi connectivity index (χ4v) is 8.30. The van der Waals surface area contributed by atoms with Gasteiger partial charge >= 0.3 is 11.9 Å². The number of nitrogens with zero attached hydrogens (tertiary/aromatic N) is 2. The third-order valence-electron chi connectivity index (χ3n) is 8.97. The lowest BCUT2D eigenvalue weighted by Crippen LogP contribution is -2.71. The second-order valence-corrected chi connectivity index (χ2v) is 9.64. The van der Waals surface area contributed by atoms with Crippen molar-refractivity contribution in [3.63, 3.8) is 0 Å². The molecule has 5 heterocycles. The van der Waals surface area contributed by atoms with Crippen molar-refractivity contribution in [1.82, 2.24) is 4.90 Å². The van der Waals surface area contributed by atoms with Crippen LogP contribution in [-0.2, 0) is 24.5 Å². The van der Waals surface area contributed by atoms with Crippen molar-refractivity contribution in [1.29, 1.82) is 0 Å². The average Bonchev–Trinajstić information content (AvgIpc) is 3.14. The van der Waals surface area contributed by atoms with Gasteiger partial charge in [0.2, 0.25) is 0 Å². The molecular formula is C24H28N2O4. The number of piperidine rings is 4. The summed E-state index contributed by atoms with van der Waals surface area (Å²) in [6, 6.07) is 8.99. The van der Waals surface area contributed by atoms with E-state index in [0.29, 0.717) is 6.04 Å². The smallest absolute Gasteiger partial charge is 0.317 e. The van der Waals surface area contributed by atoms with E-state index in [1.807, 2.05) is 0 Å². The van der Waals surface area contributed by atoms with E-state index in [0.717, 1.165) is 19.4 Å². The van der Waals surface area contributed by atoms with Gasteiger partial charge in [-0.1, -0.05) is 29.8 Å². The van der Waals surface area contributed by atoms with Crippen molar-refractivity contribution in [3.8, 4) is 0 Å². The number of hydrogen-bond acceptors (Lipinski definition) is 6. The van der Waals surface area contributed by atoms with Crippen LogP contribution in [0.25, 0.3) is 0 Å². The molecule has 4 saturated heterocycles. The normalized spacial score (nSPS) is 45.5. The number of hydrogen-bond donors (Lipinski definition) is 0. The van der Waals surface area contributed by atoms with Gasteiger partial charge in [0.05, 0.1) is 18.6 Å². The van der Waals surface area contributed by atoms with Crippen LogP contribution in [0.2, 0.25) is 0 Å². The Labute approximate surface area is 176 Å². The van der Waals surface area contributed by atoms with Crippen LogP contribution in [0.1, 0.15) is 32.3 Å². The summed E-state index contributed by atoms with van der Waals surface area (Å²) in [5.41, 5.74) is 2.43. The quantitative estimate of drug-likeness (QED) is 0.553. The third kappa shape index (κ3) is 1.71. The minimum Gasteiger partial charge on any atom is -0.468 e. The maximum absolute atomic E-state index is 13.7. The number of carbonyl (C=O) groups is 2. The average molecular weight is 408 g/mol. The van der Waals surface area contributed by atoms with Crippen molar-refractivity contribution in [2.45, 2.75) is 56.3 Å². The molecule has 6 aliphatic rings. The first-order chi connectivity index (χ1) is 14.4. The highest BCUT2D eigenvalue weighted by atomic mass is 16.6. The van der Waals surface area contributed by atoms with E-state index in [4.69, 9.17) is 9.47 Å². The summed E-state index contributed by atoms with van der Waals surface area (Å²) < 4.78 is 11.7. The number of anilines is 1. The molecule has 1 spiro atoms. The topological polar surface area (TPSA) is 59.1 Å². The molecule has 6 heteroatoms. The van der Waals surface area contributed by atoms with Gasteiger partial charge in [-0.3, -0.25) is 14.5 Å². The van der Waals surface area contributed by atoms with E-state index >= 15 is 0 Å². The number of allylic oxidation sites excluding steroid dienone is 1. The molecule has 1 saturated carbocycles. The minimum atomic E-state index is -0.857. The first-order valence-corrected chi connectivity index (χ1v) is 10.9. The van der Waals surface area contributed by atoms with E-state index in [1.165, 1.54) is 30.9 Å². The van der Waals surface area contributed by atoms with Crippen LogP contribution in [0.15, 0.2) is 35.9 Å². The first kappa shape index (κ1) is 18.4. The highest BCUT2D eigenvalue weighted by Crippen LogP contribution is 2.73. The van der Waals surface area contributed by atoms with Crippen LogP contribution < -0.4 is 4.90 Å². The SMILES string of the molecule is C/C=C1/CN2C3C[C@@]45c6ccccc6N(C)[C@@H]4[C@@H]2C[C@H]1C3(C(=O)OC)C5OC(C)=O. The van der Waals surface area contributed by atoms with Crippen LogP contribution in [0.3, 0.4) is 0 Å². The largest absolute Gasteiger partial charge is 0.468 e. The van der Waals surface area contributed by atoms with Crippen LogP contribution in [0, 0.1) is 11.3 Å². The van der Waals surface area contributed by atoms with Gasteiger partial charge in [-0.05, 0) is 31.4 Å². The van der Waals surface area contributed by atoms with Gasteiger partial charge in [-0.15, -0.1) is 0 Å². The van der Waals surface area contributed by atoms with Crippen molar-refractivity contribution >= 4 is 17.6 Å². The van der Waals surface area contributed by atoms with E-state index < -0.39 is 16.9 Å². The lowest BCUT2D eigenvalue weighted by atomic mass is 9.58. The molecule has 1 aromatic carbocycles.